The van der Waals surface area contributed by atoms with Crippen molar-refractivity contribution < 1.29 is 9.26 Å². The highest BCUT2D eigenvalue weighted by Crippen LogP contribution is 2.37. The quantitative estimate of drug-likeness (QED) is 0.936. The Morgan fingerprint density at radius 1 is 1.30 bits per heavy atom. The molecule has 0 radical (unpaired) electrons. The lowest BCUT2D eigenvalue weighted by Gasteiger charge is -2.43. The van der Waals surface area contributed by atoms with Gasteiger partial charge in [0, 0.05) is 31.0 Å². The van der Waals surface area contributed by atoms with Crippen LogP contribution in [0.5, 0.6) is 0 Å². The molecule has 0 bridgehead atoms. The molecule has 1 spiro atoms. The molecule has 2 aliphatic heterocycles. The number of nitrogens with zero attached hydrogens (tertiary/aromatic N) is 3. The summed E-state index contributed by atoms with van der Waals surface area (Å²) < 4.78 is 11.6. The van der Waals surface area contributed by atoms with E-state index in [0.717, 1.165) is 63.3 Å². The van der Waals surface area contributed by atoms with Crippen LogP contribution in [0.4, 0.5) is 0 Å². The summed E-state index contributed by atoms with van der Waals surface area (Å²) in [6.07, 6.45) is 8.71. The second kappa shape index (κ2) is 6.37. The lowest BCUT2D eigenvalue weighted by molar-refractivity contribution is -0.114. The van der Waals surface area contributed by atoms with Gasteiger partial charge in [0.05, 0.1) is 5.60 Å². The van der Waals surface area contributed by atoms with Crippen molar-refractivity contribution in [3.63, 3.8) is 0 Å². The Hall–Kier alpha value is -1.79. The zero-order chi connectivity index (χ0) is 15.5. The first-order valence-corrected chi connectivity index (χ1v) is 8.41. The minimum Gasteiger partial charge on any atom is -0.375 e. The molecule has 2 fully saturated rings. The Balaban J connectivity index is 1.43. The van der Waals surface area contributed by atoms with Crippen LogP contribution < -0.4 is 5.32 Å². The molecule has 1 N–H and O–H groups in total. The van der Waals surface area contributed by atoms with E-state index in [1.54, 1.807) is 12.4 Å². The molecule has 122 valence electrons. The fraction of sp³-hybridized carbons (Fsp3) is 0.588. The van der Waals surface area contributed by atoms with Gasteiger partial charge in [-0.2, -0.15) is 4.98 Å². The second-order valence-electron chi connectivity index (χ2n) is 6.60. The van der Waals surface area contributed by atoms with Crippen molar-refractivity contribution >= 4 is 0 Å². The van der Waals surface area contributed by atoms with Gasteiger partial charge in [0.25, 0.3) is 0 Å². The van der Waals surface area contributed by atoms with Crippen molar-refractivity contribution in [2.45, 2.75) is 37.7 Å². The molecule has 1 atom stereocenters. The Labute approximate surface area is 135 Å². The average molecular weight is 314 g/mol. The van der Waals surface area contributed by atoms with Gasteiger partial charge in [-0.1, -0.05) is 5.16 Å². The summed E-state index contributed by atoms with van der Waals surface area (Å²) >= 11 is 0. The monoisotopic (exact) mass is 314 g/mol. The molecule has 0 aliphatic carbocycles. The molecule has 6 nitrogen and oxygen atoms in total. The smallest absolute Gasteiger partial charge is 0.227 e. The third kappa shape index (κ3) is 3.28. The summed E-state index contributed by atoms with van der Waals surface area (Å²) in [5.41, 5.74) is 0.963. The average Bonchev–Trinajstić information content (AvgIpc) is 3.05. The van der Waals surface area contributed by atoms with Crippen molar-refractivity contribution in [2.24, 2.45) is 5.92 Å². The normalized spacial score (nSPS) is 23.9. The lowest BCUT2D eigenvalue weighted by atomic mass is 9.79. The molecular formula is C17H22N4O2. The third-order valence-electron chi connectivity index (χ3n) is 4.96. The molecule has 23 heavy (non-hydrogen) atoms. The van der Waals surface area contributed by atoms with Gasteiger partial charge in [0.15, 0.2) is 0 Å². The van der Waals surface area contributed by atoms with Crippen molar-refractivity contribution in [1.29, 1.82) is 0 Å². The highest BCUT2D eigenvalue weighted by Gasteiger charge is 2.38. The van der Waals surface area contributed by atoms with Crippen LogP contribution in [0.15, 0.2) is 29.0 Å². The standard InChI is InChI=1S/C17H22N4O2/c1-2-14(12-19-6-1)16-20-15(23-21-16)10-13-3-9-22-17(11-13)4-7-18-8-5-17/h1-2,6,12-13,18H,3-5,7-11H2. The number of pyridine rings is 1. The Bertz CT molecular complexity index is 632. The largest absolute Gasteiger partial charge is 0.375 e. The van der Waals surface area contributed by atoms with Crippen molar-refractivity contribution in [1.82, 2.24) is 20.4 Å². The van der Waals surface area contributed by atoms with E-state index >= 15 is 0 Å². The van der Waals surface area contributed by atoms with Crippen LogP contribution in [0.1, 0.15) is 31.6 Å². The lowest BCUT2D eigenvalue weighted by Crippen LogP contribution is -2.48. The molecule has 0 saturated carbocycles. The van der Waals surface area contributed by atoms with Crippen molar-refractivity contribution in [3.05, 3.63) is 30.4 Å². The molecule has 0 amide bonds. The fourth-order valence-electron chi connectivity index (χ4n) is 3.73. The molecule has 4 rings (SSSR count). The zero-order valence-electron chi connectivity index (χ0n) is 13.2. The Kier molecular flexibility index (Phi) is 4.10. The number of ether oxygens (including phenoxy) is 1. The minimum absolute atomic E-state index is 0.0698. The number of nitrogens with one attached hydrogen (secondary N) is 1. The number of rotatable bonds is 3. The highest BCUT2D eigenvalue weighted by molar-refractivity contribution is 5.51. The predicted molar refractivity (Wildman–Crippen MR) is 84.7 cm³/mol. The number of piperidine rings is 1. The van der Waals surface area contributed by atoms with E-state index in [2.05, 4.69) is 20.4 Å². The fourth-order valence-corrected chi connectivity index (χ4v) is 3.73. The van der Waals surface area contributed by atoms with Crippen molar-refractivity contribution in [3.8, 4) is 11.4 Å². The predicted octanol–water partition coefficient (Wildman–Crippen LogP) is 2.22. The van der Waals surface area contributed by atoms with Crippen LogP contribution in [0.25, 0.3) is 11.4 Å². The first-order valence-electron chi connectivity index (χ1n) is 8.41. The van der Waals surface area contributed by atoms with E-state index < -0.39 is 0 Å². The number of hydrogen-bond donors (Lipinski definition) is 1. The molecule has 6 heteroatoms. The molecular weight excluding hydrogens is 292 g/mol. The maximum atomic E-state index is 6.13. The zero-order valence-corrected chi connectivity index (χ0v) is 13.2. The summed E-state index contributed by atoms with van der Waals surface area (Å²) in [5, 5.41) is 7.50. The molecule has 0 aromatic carbocycles. The molecule has 1 unspecified atom stereocenters. The minimum atomic E-state index is 0.0698. The van der Waals surface area contributed by atoms with E-state index in [-0.39, 0.29) is 5.60 Å². The van der Waals surface area contributed by atoms with E-state index in [9.17, 15) is 0 Å². The first-order chi connectivity index (χ1) is 11.3. The molecule has 2 saturated heterocycles. The molecule has 2 aliphatic rings. The molecule has 4 heterocycles. The van der Waals surface area contributed by atoms with Gasteiger partial charge in [-0.25, -0.2) is 0 Å². The topological polar surface area (TPSA) is 73.1 Å². The van der Waals surface area contributed by atoms with Crippen LogP contribution in [-0.2, 0) is 11.2 Å². The van der Waals surface area contributed by atoms with Crippen LogP contribution in [0, 0.1) is 5.92 Å². The first kappa shape index (κ1) is 14.8. The summed E-state index contributed by atoms with van der Waals surface area (Å²) in [6, 6.07) is 3.82. The molecule has 2 aromatic heterocycles. The summed E-state index contributed by atoms with van der Waals surface area (Å²) in [6.45, 7) is 2.95. The number of aromatic nitrogens is 3. The Morgan fingerprint density at radius 2 is 2.22 bits per heavy atom. The van der Waals surface area contributed by atoms with E-state index in [1.807, 2.05) is 12.1 Å². The molecule has 2 aromatic rings. The van der Waals surface area contributed by atoms with E-state index in [4.69, 9.17) is 9.26 Å². The van der Waals surface area contributed by atoms with Gasteiger partial charge in [-0.15, -0.1) is 0 Å². The van der Waals surface area contributed by atoms with Gasteiger partial charge in [-0.05, 0) is 56.8 Å². The second-order valence-corrected chi connectivity index (χ2v) is 6.60. The Morgan fingerprint density at radius 3 is 3.04 bits per heavy atom. The van der Waals surface area contributed by atoms with Crippen LogP contribution in [-0.4, -0.2) is 40.4 Å². The van der Waals surface area contributed by atoms with Gasteiger partial charge in [-0.3, -0.25) is 4.98 Å². The summed E-state index contributed by atoms with van der Waals surface area (Å²) in [7, 11) is 0. The summed E-state index contributed by atoms with van der Waals surface area (Å²) in [5.74, 6) is 1.90. The SMILES string of the molecule is c1cncc(-c2noc(CC3CCOC4(CCNCC4)C3)n2)c1. The maximum Gasteiger partial charge on any atom is 0.227 e. The summed E-state index contributed by atoms with van der Waals surface area (Å²) in [4.78, 5) is 8.64. The van der Waals surface area contributed by atoms with E-state index in [0.29, 0.717) is 11.7 Å². The van der Waals surface area contributed by atoms with Crippen LogP contribution >= 0.6 is 0 Å². The maximum absolute atomic E-state index is 6.13. The van der Waals surface area contributed by atoms with Gasteiger partial charge in [0.1, 0.15) is 0 Å². The van der Waals surface area contributed by atoms with Gasteiger partial charge in [0.2, 0.25) is 11.7 Å². The van der Waals surface area contributed by atoms with Gasteiger partial charge >= 0.3 is 0 Å². The van der Waals surface area contributed by atoms with Gasteiger partial charge < -0.3 is 14.6 Å². The number of hydrogen-bond acceptors (Lipinski definition) is 6. The van der Waals surface area contributed by atoms with E-state index in [1.165, 1.54) is 0 Å². The van der Waals surface area contributed by atoms with Crippen LogP contribution in [0.3, 0.4) is 0 Å². The van der Waals surface area contributed by atoms with Crippen LogP contribution in [0.2, 0.25) is 0 Å². The highest BCUT2D eigenvalue weighted by atomic mass is 16.5. The van der Waals surface area contributed by atoms with Crippen molar-refractivity contribution in [2.75, 3.05) is 19.7 Å². The third-order valence-corrected chi connectivity index (χ3v) is 4.96.